The summed E-state index contributed by atoms with van der Waals surface area (Å²) in [4.78, 5) is 74.8. The number of nitrogens with one attached hydrogen (secondary N) is 6. The van der Waals surface area contributed by atoms with Gasteiger partial charge in [0, 0.05) is 26.1 Å². The third-order valence-corrected chi connectivity index (χ3v) is 5.22. The van der Waals surface area contributed by atoms with E-state index >= 15 is 0 Å². The van der Waals surface area contributed by atoms with E-state index in [4.69, 9.17) is 0 Å². The normalized spacial score (nSPS) is 12.4. The van der Waals surface area contributed by atoms with Crippen molar-refractivity contribution in [3.8, 4) is 0 Å². The monoisotopic (exact) mass is 527 g/mol. The van der Waals surface area contributed by atoms with Crippen LogP contribution < -0.4 is 31.9 Å². The van der Waals surface area contributed by atoms with E-state index in [0.29, 0.717) is 25.9 Å². The highest BCUT2D eigenvalue weighted by molar-refractivity contribution is 5.97. The van der Waals surface area contributed by atoms with Gasteiger partial charge in [0.25, 0.3) is 0 Å². The number of hydrogen-bond donors (Lipinski definition) is 6. The van der Waals surface area contributed by atoms with Crippen molar-refractivity contribution in [2.45, 2.75) is 71.5 Å². The van der Waals surface area contributed by atoms with Crippen LogP contribution >= 0.6 is 0 Å². The molecule has 212 valence electrons. The summed E-state index contributed by atoms with van der Waals surface area (Å²) < 4.78 is 0. The van der Waals surface area contributed by atoms with Crippen molar-refractivity contribution in [3.63, 3.8) is 0 Å². The van der Waals surface area contributed by atoms with Crippen molar-refractivity contribution in [1.82, 2.24) is 36.8 Å². The Hall–Kier alpha value is -3.22. The maximum atomic E-state index is 13.0. The Balaban J connectivity index is 4.97. The molecule has 0 saturated carbocycles. The lowest BCUT2D eigenvalue weighted by Gasteiger charge is -2.33. The number of rotatable bonds is 17. The van der Waals surface area contributed by atoms with E-state index < -0.39 is 40.7 Å². The summed E-state index contributed by atoms with van der Waals surface area (Å²) in [5, 5.41) is 15.4. The van der Waals surface area contributed by atoms with Crippen LogP contribution in [0.15, 0.2) is 0 Å². The average Bonchev–Trinajstić information content (AvgIpc) is 2.75. The van der Waals surface area contributed by atoms with Gasteiger partial charge in [0.05, 0.1) is 6.54 Å². The Kier molecular flexibility index (Phi) is 14.4. The first-order valence-electron chi connectivity index (χ1n) is 12.3. The van der Waals surface area contributed by atoms with E-state index in [1.165, 1.54) is 27.7 Å². The lowest BCUT2D eigenvalue weighted by atomic mass is 9.97. The van der Waals surface area contributed by atoms with Crippen LogP contribution in [0.1, 0.15) is 54.4 Å². The van der Waals surface area contributed by atoms with Gasteiger partial charge in [0.15, 0.2) is 0 Å². The molecule has 0 aromatic heterocycles. The smallest absolute Gasteiger partial charge is 0.246 e. The van der Waals surface area contributed by atoms with E-state index in [1.807, 2.05) is 32.8 Å². The van der Waals surface area contributed by atoms with Crippen LogP contribution in [0.4, 0.5) is 0 Å². The summed E-state index contributed by atoms with van der Waals surface area (Å²) in [5.74, 6) is -2.35. The van der Waals surface area contributed by atoms with E-state index in [2.05, 4.69) is 31.9 Å². The molecule has 1 unspecified atom stereocenters. The van der Waals surface area contributed by atoms with E-state index in [9.17, 15) is 28.8 Å². The molecule has 0 fully saturated rings. The fourth-order valence-corrected chi connectivity index (χ4v) is 3.05. The Labute approximate surface area is 219 Å². The summed E-state index contributed by atoms with van der Waals surface area (Å²) in [7, 11) is 3.79. The predicted octanol–water partition coefficient (Wildman–Crippen LogP) is -1.76. The molecular weight excluding hydrogens is 482 g/mol. The molecule has 0 rings (SSSR count). The Morgan fingerprint density at radius 3 is 1.97 bits per heavy atom. The van der Waals surface area contributed by atoms with Gasteiger partial charge in [-0.2, -0.15) is 0 Å². The zero-order valence-electron chi connectivity index (χ0n) is 23.4. The summed E-state index contributed by atoms with van der Waals surface area (Å²) in [6.07, 6.45) is 0.784. The minimum Gasteiger partial charge on any atom is -0.355 e. The molecular formula is C24H45N7O6. The van der Waals surface area contributed by atoms with Gasteiger partial charge in [0.2, 0.25) is 35.9 Å². The lowest BCUT2D eigenvalue weighted by molar-refractivity contribution is -0.138. The maximum Gasteiger partial charge on any atom is 0.246 e. The first kappa shape index (κ1) is 33.8. The molecule has 0 saturated heterocycles. The number of carbonyl (C=O) groups excluding carboxylic acids is 6. The predicted molar refractivity (Wildman–Crippen MR) is 139 cm³/mol. The van der Waals surface area contributed by atoms with Crippen molar-refractivity contribution in [1.29, 1.82) is 0 Å². The van der Waals surface area contributed by atoms with Crippen LogP contribution in [0.5, 0.6) is 0 Å². The topological polar surface area (TPSA) is 178 Å². The molecule has 0 bridgehead atoms. The summed E-state index contributed by atoms with van der Waals surface area (Å²) in [6, 6.07) is -0.923. The van der Waals surface area contributed by atoms with Gasteiger partial charge in [-0.3, -0.25) is 28.8 Å². The highest BCUT2D eigenvalue weighted by atomic mass is 16.2. The van der Waals surface area contributed by atoms with Crippen molar-refractivity contribution in [2.75, 3.05) is 40.3 Å². The minimum atomic E-state index is -1.41. The molecule has 0 aromatic carbocycles. The van der Waals surface area contributed by atoms with Gasteiger partial charge >= 0.3 is 0 Å². The lowest BCUT2D eigenvalue weighted by Crippen LogP contribution is -2.64. The molecule has 6 N–H and O–H groups in total. The summed E-state index contributed by atoms with van der Waals surface area (Å²) >= 11 is 0. The fourth-order valence-electron chi connectivity index (χ4n) is 3.05. The van der Waals surface area contributed by atoms with E-state index in [-0.39, 0.29) is 31.3 Å². The quantitative estimate of drug-likeness (QED) is 0.121. The van der Waals surface area contributed by atoms with Crippen molar-refractivity contribution >= 4 is 35.9 Å². The molecule has 0 aromatic rings. The molecule has 1 atom stereocenters. The molecule has 6 amide bonds. The zero-order valence-corrected chi connectivity index (χ0v) is 23.4. The molecule has 0 heterocycles. The summed E-state index contributed by atoms with van der Waals surface area (Å²) in [6.45, 7) is 10.8. The molecule has 0 aliphatic carbocycles. The third-order valence-electron chi connectivity index (χ3n) is 5.22. The molecule has 0 radical (unpaired) electrons. The largest absolute Gasteiger partial charge is 0.355 e. The fraction of sp³-hybridized carbons (Fsp3) is 0.750. The van der Waals surface area contributed by atoms with Crippen LogP contribution in [0, 0.1) is 5.92 Å². The van der Waals surface area contributed by atoms with E-state index in [1.54, 1.807) is 0 Å². The number of amides is 6. The highest BCUT2D eigenvalue weighted by Gasteiger charge is 2.38. The van der Waals surface area contributed by atoms with Crippen molar-refractivity contribution in [2.24, 2.45) is 5.92 Å². The second-order valence-electron chi connectivity index (χ2n) is 10.6. The van der Waals surface area contributed by atoms with Crippen molar-refractivity contribution in [3.05, 3.63) is 0 Å². The first-order chi connectivity index (χ1) is 17.0. The number of carbonyl (C=O) groups is 6. The van der Waals surface area contributed by atoms with Gasteiger partial charge in [-0.15, -0.1) is 0 Å². The van der Waals surface area contributed by atoms with Gasteiger partial charge in [-0.1, -0.05) is 13.8 Å². The van der Waals surface area contributed by atoms with Gasteiger partial charge in [0.1, 0.15) is 17.1 Å². The second kappa shape index (κ2) is 15.8. The zero-order chi connectivity index (χ0) is 28.8. The standard InChI is InChI=1S/C24H45N7O6/c1-16(2)13-17(28-19(34)14-25-15-32)20(35)29-24(5,6)22(37)30-23(3,4)21(36)27-10-9-18(33)26-11-12-31(7)8/h15-17H,9-14H2,1-8H3,(H,25,32)(H,26,33)(H,27,36)(H,28,34)(H,29,35)(H,30,37). The van der Waals surface area contributed by atoms with Crippen molar-refractivity contribution < 1.29 is 28.8 Å². The Morgan fingerprint density at radius 2 is 1.43 bits per heavy atom. The molecule has 0 spiro atoms. The van der Waals surface area contributed by atoms with Crippen LogP contribution in [0.25, 0.3) is 0 Å². The number of likely N-dealkylation sites (N-methyl/N-ethyl adjacent to an activating group) is 1. The van der Waals surface area contributed by atoms with Crippen LogP contribution in [-0.4, -0.2) is 98.2 Å². The Bertz CT molecular complexity index is 811. The maximum absolute atomic E-state index is 13.0. The average molecular weight is 528 g/mol. The summed E-state index contributed by atoms with van der Waals surface area (Å²) in [5.41, 5.74) is -2.74. The molecule has 13 heteroatoms. The molecule has 0 aliphatic rings. The van der Waals surface area contributed by atoms with Gasteiger partial charge in [-0.05, 0) is 54.1 Å². The third kappa shape index (κ3) is 14.2. The van der Waals surface area contributed by atoms with Crippen LogP contribution in [-0.2, 0) is 28.8 Å². The first-order valence-corrected chi connectivity index (χ1v) is 12.3. The minimum absolute atomic E-state index is 0.0599. The number of hydrogen-bond acceptors (Lipinski definition) is 7. The number of nitrogens with zero attached hydrogens (tertiary/aromatic N) is 1. The molecule has 13 nitrogen and oxygen atoms in total. The van der Waals surface area contributed by atoms with E-state index in [0.717, 1.165) is 0 Å². The molecule has 0 aliphatic heterocycles. The van der Waals surface area contributed by atoms with Crippen LogP contribution in [0.2, 0.25) is 0 Å². The molecule has 37 heavy (non-hydrogen) atoms. The van der Waals surface area contributed by atoms with Gasteiger partial charge < -0.3 is 36.8 Å². The van der Waals surface area contributed by atoms with Gasteiger partial charge in [-0.25, -0.2) is 0 Å². The highest BCUT2D eigenvalue weighted by Crippen LogP contribution is 2.11. The van der Waals surface area contributed by atoms with Crippen LogP contribution in [0.3, 0.4) is 0 Å². The SMILES string of the molecule is CC(C)CC(NC(=O)CNC=O)C(=O)NC(C)(C)C(=O)NC(C)(C)C(=O)NCCC(=O)NCCN(C)C. The Morgan fingerprint density at radius 1 is 0.838 bits per heavy atom. The second-order valence-corrected chi connectivity index (χ2v) is 10.6.